The second-order valence-electron chi connectivity index (χ2n) is 4.58. The van der Waals surface area contributed by atoms with E-state index in [2.05, 4.69) is 18.7 Å². The summed E-state index contributed by atoms with van der Waals surface area (Å²) in [6, 6.07) is 1.61. The summed E-state index contributed by atoms with van der Waals surface area (Å²) < 4.78 is 5.41. The van der Waals surface area contributed by atoms with E-state index in [1.165, 1.54) is 0 Å². The highest BCUT2D eigenvalue weighted by molar-refractivity contribution is 5.88. The Morgan fingerprint density at radius 2 is 2.19 bits per heavy atom. The van der Waals surface area contributed by atoms with Gasteiger partial charge < -0.3 is 9.52 Å². The molecule has 16 heavy (non-hydrogen) atoms. The molecule has 0 aliphatic rings. The monoisotopic (exact) mass is 225 g/mol. The van der Waals surface area contributed by atoms with E-state index in [1.807, 2.05) is 7.05 Å². The number of furan rings is 1. The van der Waals surface area contributed by atoms with Gasteiger partial charge in [0.2, 0.25) is 0 Å². The second kappa shape index (κ2) is 5.16. The van der Waals surface area contributed by atoms with Gasteiger partial charge >= 0.3 is 5.97 Å². The molecule has 0 fully saturated rings. The maximum absolute atomic E-state index is 10.8. The molecule has 0 amide bonds. The average molecular weight is 225 g/mol. The molecule has 1 N–H and O–H groups in total. The van der Waals surface area contributed by atoms with Gasteiger partial charge in [0.1, 0.15) is 17.1 Å². The molecule has 0 saturated carbocycles. The lowest BCUT2D eigenvalue weighted by molar-refractivity contribution is 0.0695. The van der Waals surface area contributed by atoms with Crippen LogP contribution in [0.1, 0.15) is 35.7 Å². The minimum atomic E-state index is -0.931. The smallest absolute Gasteiger partial charge is 0.339 e. The van der Waals surface area contributed by atoms with Gasteiger partial charge in [-0.15, -0.1) is 0 Å². The van der Waals surface area contributed by atoms with Crippen molar-refractivity contribution in [2.75, 3.05) is 13.6 Å². The van der Waals surface area contributed by atoms with Gasteiger partial charge in [-0.05, 0) is 26.0 Å². The molecule has 0 aromatic carbocycles. The minimum Gasteiger partial charge on any atom is -0.478 e. The van der Waals surface area contributed by atoms with Crippen LogP contribution >= 0.6 is 0 Å². The molecule has 0 saturated heterocycles. The van der Waals surface area contributed by atoms with E-state index in [4.69, 9.17) is 9.52 Å². The van der Waals surface area contributed by atoms with Gasteiger partial charge in [0, 0.05) is 6.54 Å². The van der Waals surface area contributed by atoms with Gasteiger partial charge in [-0.3, -0.25) is 4.90 Å². The molecule has 0 aliphatic carbocycles. The summed E-state index contributed by atoms with van der Waals surface area (Å²) in [7, 11) is 2.00. The Morgan fingerprint density at radius 3 is 2.62 bits per heavy atom. The molecule has 0 aliphatic heterocycles. The largest absolute Gasteiger partial charge is 0.478 e. The van der Waals surface area contributed by atoms with Crippen molar-refractivity contribution in [2.45, 2.75) is 27.3 Å². The number of hydrogen-bond donors (Lipinski definition) is 1. The third-order valence-electron chi connectivity index (χ3n) is 2.30. The van der Waals surface area contributed by atoms with E-state index in [1.54, 1.807) is 13.0 Å². The van der Waals surface area contributed by atoms with Crippen LogP contribution in [0.15, 0.2) is 10.5 Å². The van der Waals surface area contributed by atoms with Crippen LogP contribution < -0.4 is 0 Å². The third-order valence-corrected chi connectivity index (χ3v) is 2.30. The average Bonchev–Trinajstić information content (AvgIpc) is 2.44. The van der Waals surface area contributed by atoms with Crippen molar-refractivity contribution >= 4 is 5.97 Å². The minimum absolute atomic E-state index is 0.257. The van der Waals surface area contributed by atoms with E-state index in [0.29, 0.717) is 24.0 Å². The zero-order valence-electron chi connectivity index (χ0n) is 10.3. The molecule has 0 unspecified atom stereocenters. The standard InChI is InChI=1S/C12H19NO3/c1-8(2)6-13(4)7-10-5-11(12(14)15)9(3)16-10/h5,8H,6-7H2,1-4H3,(H,14,15). The van der Waals surface area contributed by atoms with Gasteiger partial charge in [-0.2, -0.15) is 0 Å². The molecule has 0 spiro atoms. The topological polar surface area (TPSA) is 53.7 Å². The van der Waals surface area contributed by atoms with E-state index >= 15 is 0 Å². The Bertz CT molecular complexity index is 368. The number of carbonyl (C=O) groups is 1. The highest BCUT2D eigenvalue weighted by Gasteiger charge is 2.14. The molecule has 0 atom stereocenters. The highest BCUT2D eigenvalue weighted by Crippen LogP contribution is 2.16. The zero-order valence-corrected chi connectivity index (χ0v) is 10.3. The van der Waals surface area contributed by atoms with E-state index in [9.17, 15) is 4.79 Å². The van der Waals surface area contributed by atoms with Gasteiger partial charge in [0.25, 0.3) is 0 Å². The lowest BCUT2D eigenvalue weighted by Gasteiger charge is -2.17. The van der Waals surface area contributed by atoms with E-state index < -0.39 is 5.97 Å². The molecule has 1 heterocycles. The number of aromatic carboxylic acids is 1. The molecule has 4 heteroatoms. The van der Waals surface area contributed by atoms with Crippen LogP contribution in [-0.4, -0.2) is 29.6 Å². The van der Waals surface area contributed by atoms with Crippen molar-refractivity contribution < 1.29 is 14.3 Å². The highest BCUT2D eigenvalue weighted by atomic mass is 16.4. The summed E-state index contributed by atoms with van der Waals surface area (Å²) in [5.41, 5.74) is 0.257. The summed E-state index contributed by atoms with van der Waals surface area (Å²) >= 11 is 0. The van der Waals surface area contributed by atoms with Crippen LogP contribution in [0.4, 0.5) is 0 Å². The van der Waals surface area contributed by atoms with Crippen LogP contribution in [0.25, 0.3) is 0 Å². The Kier molecular flexibility index (Phi) is 4.12. The predicted molar refractivity (Wildman–Crippen MR) is 61.6 cm³/mol. The fourth-order valence-electron chi connectivity index (χ4n) is 1.79. The van der Waals surface area contributed by atoms with Crippen molar-refractivity contribution in [2.24, 2.45) is 5.92 Å². The van der Waals surface area contributed by atoms with Crippen molar-refractivity contribution in [1.29, 1.82) is 0 Å². The molecular formula is C12H19NO3. The fourth-order valence-corrected chi connectivity index (χ4v) is 1.79. The van der Waals surface area contributed by atoms with Crippen molar-refractivity contribution in [3.63, 3.8) is 0 Å². The summed E-state index contributed by atoms with van der Waals surface area (Å²) in [5.74, 6) is 0.831. The molecular weight excluding hydrogens is 206 g/mol. The first-order valence-corrected chi connectivity index (χ1v) is 5.41. The number of aryl methyl sites for hydroxylation is 1. The third kappa shape index (κ3) is 3.38. The molecule has 4 nitrogen and oxygen atoms in total. The number of carboxylic acids is 1. The SMILES string of the molecule is Cc1oc(CN(C)CC(C)C)cc1C(=O)O. The van der Waals surface area contributed by atoms with Gasteiger partial charge in [-0.1, -0.05) is 13.8 Å². The lowest BCUT2D eigenvalue weighted by atomic mass is 10.2. The van der Waals surface area contributed by atoms with E-state index in [-0.39, 0.29) is 5.56 Å². The number of carboxylic acid groups (broad SMARTS) is 1. The first-order chi connectivity index (χ1) is 7.40. The first kappa shape index (κ1) is 12.8. The van der Waals surface area contributed by atoms with Crippen LogP contribution in [0.3, 0.4) is 0 Å². The molecule has 0 bridgehead atoms. The van der Waals surface area contributed by atoms with Crippen molar-refractivity contribution in [3.05, 3.63) is 23.2 Å². The van der Waals surface area contributed by atoms with E-state index in [0.717, 1.165) is 6.54 Å². The van der Waals surface area contributed by atoms with Crippen LogP contribution in [-0.2, 0) is 6.54 Å². The second-order valence-corrected chi connectivity index (χ2v) is 4.58. The number of rotatable bonds is 5. The van der Waals surface area contributed by atoms with Gasteiger partial charge in [-0.25, -0.2) is 4.79 Å². The molecule has 0 radical (unpaired) electrons. The summed E-state index contributed by atoms with van der Waals surface area (Å²) in [5, 5.41) is 8.88. The van der Waals surface area contributed by atoms with Gasteiger partial charge in [0.15, 0.2) is 0 Å². The first-order valence-electron chi connectivity index (χ1n) is 5.41. The number of nitrogens with zero attached hydrogens (tertiary/aromatic N) is 1. The molecule has 1 rings (SSSR count). The Morgan fingerprint density at radius 1 is 1.56 bits per heavy atom. The Labute approximate surface area is 95.9 Å². The Balaban J connectivity index is 2.68. The summed E-state index contributed by atoms with van der Waals surface area (Å²) in [6.45, 7) is 7.57. The predicted octanol–water partition coefficient (Wildman–Crippen LogP) is 2.37. The molecule has 1 aromatic rings. The normalized spacial score (nSPS) is 11.4. The fraction of sp³-hybridized carbons (Fsp3) is 0.583. The molecule has 1 aromatic heterocycles. The molecule has 90 valence electrons. The van der Waals surface area contributed by atoms with Crippen molar-refractivity contribution in [1.82, 2.24) is 4.90 Å². The van der Waals surface area contributed by atoms with Crippen LogP contribution in [0.5, 0.6) is 0 Å². The maximum Gasteiger partial charge on any atom is 0.339 e. The Hall–Kier alpha value is -1.29. The zero-order chi connectivity index (χ0) is 12.3. The quantitative estimate of drug-likeness (QED) is 0.835. The van der Waals surface area contributed by atoms with Gasteiger partial charge in [0.05, 0.1) is 6.54 Å². The lowest BCUT2D eigenvalue weighted by Crippen LogP contribution is -2.22. The maximum atomic E-state index is 10.8. The number of hydrogen-bond acceptors (Lipinski definition) is 3. The summed E-state index contributed by atoms with van der Waals surface area (Å²) in [6.07, 6.45) is 0. The van der Waals surface area contributed by atoms with Crippen LogP contribution in [0.2, 0.25) is 0 Å². The van der Waals surface area contributed by atoms with Crippen molar-refractivity contribution in [3.8, 4) is 0 Å². The summed E-state index contributed by atoms with van der Waals surface area (Å²) in [4.78, 5) is 12.9. The van der Waals surface area contributed by atoms with Crippen LogP contribution in [0, 0.1) is 12.8 Å².